The lowest BCUT2D eigenvalue weighted by Crippen LogP contribution is -2.33. The first-order valence-electron chi connectivity index (χ1n) is 11.0. The highest BCUT2D eigenvalue weighted by Gasteiger charge is 2.24. The molecule has 1 aliphatic rings. The topological polar surface area (TPSA) is 66.3 Å². The summed E-state index contributed by atoms with van der Waals surface area (Å²) in [7, 11) is 1.85. The van der Waals surface area contributed by atoms with Crippen molar-refractivity contribution in [3.05, 3.63) is 66.4 Å². The molecule has 2 atom stereocenters. The number of aromatic nitrogens is 1. The molecule has 0 aliphatic heterocycles. The number of hydrogen-bond acceptors (Lipinski definition) is 3. The standard InChI is InChI=1S/C25H31N3O2/c1-26-17-23(29)24(18-8-4-2-5-9-18)28-15-14-20-16-21(12-13-22(20)28)27-25(30)19-10-6-3-7-11-19/h2,4-5,8-9,12-16,19,23-24,26,29H,3,6-7,10-11,17H2,1H3,(H,27,30)/t23-,24+/m1/s1. The number of nitrogens with one attached hydrogen (secondary N) is 2. The van der Waals surface area contributed by atoms with E-state index >= 15 is 0 Å². The maximum absolute atomic E-state index is 12.6. The Morgan fingerprint density at radius 2 is 1.87 bits per heavy atom. The third-order valence-electron chi connectivity index (χ3n) is 6.18. The Kier molecular flexibility index (Phi) is 6.50. The predicted octanol–water partition coefficient (Wildman–Crippen LogP) is 4.33. The van der Waals surface area contributed by atoms with E-state index in [1.807, 2.05) is 67.8 Å². The van der Waals surface area contributed by atoms with Gasteiger partial charge in [0.25, 0.3) is 0 Å². The average Bonchev–Trinajstić information content (AvgIpc) is 3.18. The van der Waals surface area contributed by atoms with Crippen LogP contribution in [0.3, 0.4) is 0 Å². The van der Waals surface area contributed by atoms with E-state index in [-0.39, 0.29) is 17.9 Å². The lowest BCUT2D eigenvalue weighted by molar-refractivity contribution is -0.120. The van der Waals surface area contributed by atoms with Crippen LogP contribution in [0.1, 0.15) is 43.7 Å². The van der Waals surface area contributed by atoms with E-state index < -0.39 is 6.10 Å². The second-order valence-corrected chi connectivity index (χ2v) is 8.30. The first-order valence-corrected chi connectivity index (χ1v) is 11.0. The highest BCUT2D eigenvalue weighted by Crippen LogP contribution is 2.30. The van der Waals surface area contributed by atoms with Crippen molar-refractivity contribution in [2.24, 2.45) is 5.92 Å². The fraction of sp³-hybridized carbons (Fsp3) is 0.400. The quantitative estimate of drug-likeness (QED) is 0.548. The molecule has 0 spiro atoms. The van der Waals surface area contributed by atoms with E-state index in [1.165, 1.54) is 6.42 Å². The molecule has 0 unspecified atom stereocenters. The minimum absolute atomic E-state index is 0.137. The molecule has 5 heteroatoms. The molecular weight excluding hydrogens is 374 g/mol. The number of fused-ring (bicyclic) bond motifs is 1. The second kappa shape index (κ2) is 9.45. The van der Waals surface area contributed by atoms with Gasteiger partial charge < -0.3 is 20.3 Å². The van der Waals surface area contributed by atoms with Crippen LogP contribution in [0.15, 0.2) is 60.8 Å². The van der Waals surface area contributed by atoms with Crippen molar-refractivity contribution < 1.29 is 9.90 Å². The van der Waals surface area contributed by atoms with Gasteiger partial charge in [0.05, 0.1) is 12.1 Å². The fourth-order valence-corrected chi connectivity index (χ4v) is 4.63. The zero-order chi connectivity index (χ0) is 20.9. The molecule has 0 saturated heterocycles. The van der Waals surface area contributed by atoms with Crippen LogP contribution in [0.2, 0.25) is 0 Å². The maximum Gasteiger partial charge on any atom is 0.227 e. The molecule has 4 rings (SSSR count). The lowest BCUT2D eigenvalue weighted by Gasteiger charge is -2.26. The number of rotatable bonds is 7. The van der Waals surface area contributed by atoms with Gasteiger partial charge in [0.2, 0.25) is 5.91 Å². The van der Waals surface area contributed by atoms with E-state index in [9.17, 15) is 9.90 Å². The summed E-state index contributed by atoms with van der Waals surface area (Å²) in [4.78, 5) is 12.6. The molecule has 1 heterocycles. The highest BCUT2D eigenvalue weighted by atomic mass is 16.3. The van der Waals surface area contributed by atoms with Crippen LogP contribution in [-0.2, 0) is 4.79 Å². The lowest BCUT2D eigenvalue weighted by atomic mass is 9.88. The van der Waals surface area contributed by atoms with Crippen LogP contribution >= 0.6 is 0 Å². The Balaban J connectivity index is 1.61. The van der Waals surface area contributed by atoms with Crippen LogP contribution in [0.5, 0.6) is 0 Å². The van der Waals surface area contributed by atoms with Gasteiger partial charge >= 0.3 is 0 Å². The van der Waals surface area contributed by atoms with Gasteiger partial charge in [-0.2, -0.15) is 0 Å². The molecule has 1 aliphatic carbocycles. The fourth-order valence-electron chi connectivity index (χ4n) is 4.63. The number of aliphatic hydroxyl groups is 1. The molecule has 2 aromatic carbocycles. The molecule has 158 valence electrons. The van der Waals surface area contributed by atoms with E-state index in [2.05, 4.69) is 15.2 Å². The van der Waals surface area contributed by atoms with E-state index in [1.54, 1.807) is 0 Å². The largest absolute Gasteiger partial charge is 0.389 e. The summed E-state index contributed by atoms with van der Waals surface area (Å²) in [6, 6.07) is 18.0. The molecule has 30 heavy (non-hydrogen) atoms. The van der Waals surface area contributed by atoms with Crippen LogP contribution in [-0.4, -0.2) is 35.3 Å². The van der Waals surface area contributed by atoms with Gasteiger partial charge in [-0.25, -0.2) is 0 Å². The van der Waals surface area contributed by atoms with Crippen molar-refractivity contribution in [1.29, 1.82) is 0 Å². The first-order chi connectivity index (χ1) is 14.7. The van der Waals surface area contributed by atoms with E-state index in [4.69, 9.17) is 0 Å². The van der Waals surface area contributed by atoms with Gasteiger partial charge in [-0.3, -0.25) is 4.79 Å². The predicted molar refractivity (Wildman–Crippen MR) is 122 cm³/mol. The normalized spacial score (nSPS) is 17.0. The number of carbonyl (C=O) groups excluding carboxylic acids is 1. The Labute approximate surface area is 178 Å². The average molecular weight is 406 g/mol. The molecular formula is C25H31N3O2. The minimum atomic E-state index is -0.571. The molecule has 3 N–H and O–H groups in total. The molecule has 3 aromatic rings. The monoisotopic (exact) mass is 405 g/mol. The highest BCUT2D eigenvalue weighted by molar-refractivity contribution is 5.95. The number of aliphatic hydroxyl groups excluding tert-OH is 1. The van der Waals surface area contributed by atoms with Gasteiger partial charge in [-0.1, -0.05) is 49.6 Å². The van der Waals surface area contributed by atoms with Crippen molar-refractivity contribution in [2.75, 3.05) is 18.9 Å². The zero-order valence-corrected chi connectivity index (χ0v) is 17.6. The molecule has 1 amide bonds. The Bertz CT molecular complexity index is 976. The molecule has 1 fully saturated rings. The summed E-state index contributed by atoms with van der Waals surface area (Å²) in [5.41, 5.74) is 2.94. The van der Waals surface area contributed by atoms with Crippen molar-refractivity contribution in [3.63, 3.8) is 0 Å². The first kappa shape index (κ1) is 20.6. The zero-order valence-electron chi connectivity index (χ0n) is 17.6. The van der Waals surface area contributed by atoms with Crippen molar-refractivity contribution >= 4 is 22.5 Å². The summed E-state index contributed by atoms with van der Waals surface area (Å²) in [5, 5.41) is 18.1. The molecule has 1 aromatic heterocycles. The Morgan fingerprint density at radius 3 is 2.60 bits per heavy atom. The van der Waals surface area contributed by atoms with Gasteiger partial charge in [0.1, 0.15) is 0 Å². The van der Waals surface area contributed by atoms with E-state index in [0.717, 1.165) is 47.8 Å². The molecule has 0 radical (unpaired) electrons. The number of nitrogens with zero attached hydrogens (tertiary/aromatic N) is 1. The van der Waals surface area contributed by atoms with Crippen LogP contribution in [0.4, 0.5) is 5.69 Å². The number of benzene rings is 2. The number of hydrogen-bond donors (Lipinski definition) is 3. The summed E-state index contributed by atoms with van der Waals surface area (Å²) in [6.45, 7) is 0.495. The second-order valence-electron chi connectivity index (χ2n) is 8.30. The number of likely N-dealkylation sites (N-methyl/N-ethyl adjacent to an activating group) is 1. The minimum Gasteiger partial charge on any atom is -0.389 e. The van der Waals surface area contributed by atoms with Gasteiger partial charge in [0.15, 0.2) is 0 Å². The molecule has 5 nitrogen and oxygen atoms in total. The maximum atomic E-state index is 12.6. The Hall–Kier alpha value is -2.63. The molecule has 0 bridgehead atoms. The smallest absolute Gasteiger partial charge is 0.227 e. The van der Waals surface area contributed by atoms with Crippen molar-refractivity contribution in [1.82, 2.24) is 9.88 Å². The van der Waals surface area contributed by atoms with Crippen LogP contribution < -0.4 is 10.6 Å². The van der Waals surface area contributed by atoms with Gasteiger partial charge in [-0.15, -0.1) is 0 Å². The summed E-state index contributed by atoms with van der Waals surface area (Å²) >= 11 is 0. The number of anilines is 1. The molecule has 1 saturated carbocycles. The third kappa shape index (κ3) is 4.42. The number of carbonyl (C=O) groups is 1. The van der Waals surface area contributed by atoms with Crippen LogP contribution in [0.25, 0.3) is 10.9 Å². The SMILES string of the molecule is CNC[C@@H](O)[C@H](c1ccccc1)n1ccc2cc(NC(=O)C3CCCCC3)ccc21. The van der Waals surface area contributed by atoms with E-state index in [0.29, 0.717) is 6.54 Å². The number of amides is 1. The summed E-state index contributed by atoms with van der Waals surface area (Å²) < 4.78 is 2.12. The Morgan fingerprint density at radius 1 is 1.10 bits per heavy atom. The van der Waals surface area contributed by atoms with Crippen LogP contribution in [0, 0.1) is 5.92 Å². The van der Waals surface area contributed by atoms with Crippen molar-refractivity contribution in [3.8, 4) is 0 Å². The van der Waals surface area contributed by atoms with Gasteiger partial charge in [0, 0.05) is 35.2 Å². The third-order valence-corrected chi connectivity index (χ3v) is 6.18. The summed E-state index contributed by atoms with van der Waals surface area (Å²) in [5.74, 6) is 0.276. The van der Waals surface area contributed by atoms with Crippen molar-refractivity contribution in [2.45, 2.75) is 44.2 Å². The summed E-state index contributed by atoms with van der Waals surface area (Å²) in [6.07, 6.45) is 6.97. The van der Waals surface area contributed by atoms with Gasteiger partial charge in [-0.05, 0) is 49.7 Å².